The number of hydrogen-bond donors (Lipinski definition) is 3. The first-order chi connectivity index (χ1) is 11.1. The van der Waals surface area contributed by atoms with Crippen LogP contribution in [0.25, 0.3) is 0 Å². The smallest absolute Gasteiger partial charge is 0.316 e. The zero-order valence-corrected chi connectivity index (χ0v) is 15.5. The molecule has 142 valence electrons. The Labute approximate surface area is 146 Å². The molecule has 2 spiro atoms. The third-order valence-electron chi connectivity index (χ3n) is 7.20. The molecule has 0 radical (unpaired) electrons. The molecule has 8 nitrogen and oxygen atoms in total. The van der Waals surface area contributed by atoms with Crippen molar-refractivity contribution in [3.63, 3.8) is 0 Å². The van der Waals surface area contributed by atoms with Crippen LogP contribution in [0.2, 0.25) is 0 Å². The number of ether oxygens (including phenoxy) is 3. The van der Waals surface area contributed by atoms with Crippen molar-refractivity contribution >= 4 is 11.9 Å². The third kappa shape index (κ3) is 1.51. The molecular weight excluding hydrogens is 332 g/mol. The van der Waals surface area contributed by atoms with Gasteiger partial charge in [0.05, 0.1) is 5.92 Å². The quantitative estimate of drug-likeness (QED) is 0.537. The summed E-state index contributed by atoms with van der Waals surface area (Å²) in [5.74, 6) is -2.65. The van der Waals surface area contributed by atoms with Gasteiger partial charge in [0.25, 0.3) is 0 Å². The second-order valence-corrected chi connectivity index (χ2v) is 8.49. The zero-order chi connectivity index (χ0) is 19.4. The molecule has 0 bridgehead atoms. The van der Waals surface area contributed by atoms with Crippen molar-refractivity contribution in [3.8, 4) is 0 Å². The van der Waals surface area contributed by atoms with Crippen LogP contribution in [-0.2, 0) is 23.8 Å². The van der Waals surface area contributed by atoms with Gasteiger partial charge >= 0.3 is 11.9 Å². The summed E-state index contributed by atoms with van der Waals surface area (Å²) in [7, 11) is 1.35. The van der Waals surface area contributed by atoms with Gasteiger partial charge in [-0.3, -0.25) is 9.59 Å². The maximum Gasteiger partial charge on any atom is 0.316 e. The number of rotatable bonds is 1. The van der Waals surface area contributed by atoms with Gasteiger partial charge in [-0.25, -0.2) is 0 Å². The Morgan fingerprint density at radius 2 is 1.48 bits per heavy atom. The third-order valence-corrected chi connectivity index (χ3v) is 7.20. The van der Waals surface area contributed by atoms with Gasteiger partial charge < -0.3 is 29.5 Å². The van der Waals surface area contributed by atoms with Gasteiger partial charge in [0.1, 0.15) is 28.3 Å². The summed E-state index contributed by atoms with van der Waals surface area (Å²) in [4.78, 5) is 25.8. The Hall–Kier alpha value is -1.22. The summed E-state index contributed by atoms with van der Waals surface area (Å²) in [6.45, 7) is 8.48. The SMILES string of the molecule is COC1(C)C(O)C12OC(=O)C(C)(C)C1(OC(=O)C2C)C(C)(O)C1(C)O. The molecule has 1 heterocycles. The lowest BCUT2D eigenvalue weighted by Crippen LogP contribution is -2.57. The van der Waals surface area contributed by atoms with Crippen molar-refractivity contribution in [1.82, 2.24) is 0 Å². The topological polar surface area (TPSA) is 123 Å². The lowest BCUT2D eigenvalue weighted by Gasteiger charge is -2.41. The second kappa shape index (κ2) is 4.36. The fraction of sp³-hybridized carbons (Fsp3) is 0.882. The standard InChI is InChI=1S/C17H26O8/c1-8-9(18)24-17(14(5,21)15(17,6)22)12(2,3)11(20)25-16(8)10(19)13(16,4)23-7/h8,10,19,21-22H,1-7H3. The molecule has 1 saturated heterocycles. The molecular formula is C17H26O8. The first-order valence-electron chi connectivity index (χ1n) is 8.27. The van der Waals surface area contributed by atoms with Crippen LogP contribution in [0, 0.1) is 11.3 Å². The summed E-state index contributed by atoms with van der Waals surface area (Å²) in [5.41, 5.74) is -9.94. The van der Waals surface area contributed by atoms with E-state index < -0.39 is 57.4 Å². The van der Waals surface area contributed by atoms with E-state index in [2.05, 4.69) is 0 Å². The summed E-state index contributed by atoms with van der Waals surface area (Å²) in [6, 6.07) is 0. The highest BCUT2D eigenvalue weighted by Crippen LogP contribution is 2.70. The maximum absolute atomic E-state index is 13.0. The minimum atomic E-state index is -1.86. The van der Waals surface area contributed by atoms with E-state index in [0.717, 1.165) is 0 Å². The summed E-state index contributed by atoms with van der Waals surface area (Å²) < 4.78 is 16.5. The molecule has 0 aromatic heterocycles. The van der Waals surface area contributed by atoms with Crippen molar-refractivity contribution in [2.24, 2.45) is 11.3 Å². The molecule has 6 atom stereocenters. The van der Waals surface area contributed by atoms with Gasteiger partial charge in [0.15, 0.2) is 11.2 Å². The minimum Gasteiger partial charge on any atom is -0.452 e. The highest BCUT2D eigenvalue weighted by atomic mass is 16.6. The Bertz CT molecular complexity index is 652. The monoisotopic (exact) mass is 358 g/mol. The number of hydrogen-bond acceptors (Lipinski definition) is 8. The van der Waals surface area contributed by atoms with E-state index >= 15 is 0 Å². The second-order valence-electron chi connectivity index (χ2n) is 8.49. The largest absolute Gasteiger partial charge is 0.452 e. The molecule has 3 N–H and O–H groups in total. The number of aliphatic hydroxyl groups excluding tert-OH is 1. The Balaban J connectivity index is 2.12. The zero-order valence-electron chi connectivity index (χ0n) is 15.5. The molecule has 1 aliphatic heterocycles. The number of aliphatic hydroxyl groups is 3. The van der Waals surface area contributed by atoms with Gasteiger partial charge in [-0.05, 0) is 41.5 Å². The van der Waals surface area contributed by atoms with Gasteiger partial charge in [-0.2, -0.15) is 0 Å². The van der Waals surface area contributed by atoms with Crippen molar-refractivity contribution in [3.05, 3.63) is 0 Å². The molecule has 3 fully saturated rings. The van der Waals surface area contributed by atoms with Gasteiger partial charge in [-0.15, -0.1) is 0 Å². The van der Waals surface area contributed by atoms with Crippen molar-refractivity contribution in [1.29, 1.82) is 0 Å². The van der Waals surface area contributed by atoms with Crippen LogP contribution in [-0.4, -0.2) is 68.5 Å². The summed E-state index contributed by atoms with van der Waals surface area (Å²) >= 11 is 0. The van der Waals surface area contributed by atoms with Gasteiger partial charge in [0, 0.05) is 7.11 Å². The Morgan fingerprint density at radius 1 is 1.00 bits per heavy atom. The molecule has 25 heavy (non-hydrogen) atoms. The van der Waals surface area contributed by atoms with Crippen LogP contribution in [0.3, 0.4) is 0 Å². The lowest BCUT2D eigenvalue weighted by molar-refractivity contribution is -0.215. The van der Waals surface area contributed by atoms with Crippen LogP contribution >= 0.6 is 0 Å². The summed E-state index contributed by atoms with van der Waals surface area (Å²) in [6.07, 6.45) is -1.21. The predicted octanol–water partition coefficient (Wildman–Crippen LogP) is -0.478. The number of esters is 2. The van der Waals surface area contributed by atoms with Gasteiger partial charge in [0.2, 0.25) is 0 Å². The van der Waals surface area contributed by atoms with E-state index in [4.69, 9.17) is 14.2 Å². The van der Waals surface area contributed by atoms with Crippen LogP contribution in [0.15, 0.2) is 0 Å². The van der Waals surface area contributed by atoms with E-state index in [1.165, 1.54) is 41.7 Å². The van der Waals surface area contributed by atoms with E-state index in [1.54, 1.807) is 6.92 Å². The molecule has 8 heteroatoms. The molecule has 0 aromatic carbocycles. The number of carbonyl (C=O) groups is 2. The fourth-order valence-electron chi connectivity index (χ4n) is 4.96. The van der Waals surface area contributed by atoms with E-state index in [9.17, 15) is 24.9 Å². The van der Waals surface area contributed by atoms with Crippen LogP contribution < -0.4 is 0 Å². The normalized spacial score (nSPS) is 56.9. The van der Waals surface area contributed by atoms with Crippen LogP contribution in [0.5, 0.6) is 0 Å². The van der Waals surface area contributed by atoms with E-state index in [-0.39, 0.29) is 0 Å². The minimum absolute atomic E-state index is 0.793. The van der Waals surface area contributed by atoms with Crippen molar-refractivity contribution in [2.45, 2.75) is 75.7 Å². The molecule has 3 rings (SSSR count). The fourth-order valence-corrected chi connectivity index (χ4v) is 4.96. The maximum atomic E-state index is 13.0. The molecule has 6 unspecified atom stereocenters. The summed E-state index contributed by atoms with van der Waals surface area (Å²) in [5, 5.41) is 31.7. The van der Waals surface area contributed by atoms with E-state index in [1.807, 2.05) is 0 Å². The average molecular weight is 358 g/mol. The number of methoxy groups -OCH3 is 1. The average Bonchev–Trinajstić information content (AvgIpc) is 3.13. The lowest BCUT2D eigenvalue weighted by atomic mass is 9.79. The molecule has 3 aliphatic rings. The van der Waals surface area contributed by atoms with E-state index in [0.29, 0.717) is 0 Å². The molecule has 2 saturated carbocycles. The first-order valence-corrected chi connectivity index (χ1v) is 8.27. The van der Waals surface area contributed by atoms with Crippen LogP contribution in [0.4, 0.5) is 0 Å². The van der Waals surface area contributed by atoms with Crippen LogP contribution in [0.1, 0.15) is 41.5 Å². The predicted molar refractivity (Wildman–Crippen MR) is 83.3 cm³/mol. The highest BCUT2D eigenvalue weighted by molar-refractivity contribution is 5.87. The highest BCUT2D eigenvalue weighted by Gasteiger charge is 2.94. The Morgan fingerprint density at radius 3 is 1.84 bits per heavy atom. The molecule has 2 aliphatic carbocycles. The van der Waals surface area contributed by atoms with Gasteiger partial charge in [-0.1, -0.05) is 0 Å². The molecule has 0 aromatic rings. The Kier molecular flexibility index (Phi) is 3.24. The van der Waals surface area contributed by atoms with Crippen molar-refractivity contribution < 1.29 is 39.1 Å². The number of carbonyl (C=O) groups excluding carboxylic acids is 2. The first kappa shape index (κ1) is 18.6. The molecule has 0 amide bonds. The van der Waals surface area contributed by atoms with Crippen molar-refractivity contribution in [2.75, 3.05) is 7.11 Å².